The summed E-state index contributed by atoms with van der Waals surface area (Å²) in [5.74, 6) is -2.04. The number of unbranched alkanes of at least 4 members (excludes halogenated alkanes) is 1. The van der Waals surface area contributed by atoms with Gasteiger partial charge in [0.25, 0.3) is 0 Å². The van der Waals surface area contributed by atoms with Crippen molar-refractivity contribution in [1.82, 2.24) is 26.6 Å². The summed E-state index contributed by atoms with van der Waals surface area (Å²) in [6.45, 7) is 13.2. The molecule has 0 bridgehead atoms. The van der Waals surface area contributed by atoms with Crippen molar-refractivity contribution in [2.45, 2.75) is 129 Å². The molecule has 5 unspecified atom stereocenters. The van der Waals surface area contributed by atoms with E-state index < -0.39 is 53.5 Å². The van der Waals surface area contributed by atoms with Crippen molar-refractivity contribution in [2.24, 2.45) is 17.0 Å². The van der Waals surface area contributed by atoms with Crippen LogP contribution in [0.5, 0.6) is 5.75 Å². The van der Waals surface area contributed by atoms with Gasteiger partial charge in [0, 0.05) is 45.0 Å². The summed E-state index contributed by atoms with van der Waals surface area (Å²) in [6, 6.07) is 20.5. The largest absolute Gasteiger partial charge is 0.426 e. The number of ketones is 1. The van der Waals surface area contributed by atoms with Crippen LogP contribution in [0.1, 0.15) is 102 Å². The van der Waals surface area contributed by atoms with Crippen molar-refractivity contribution < 1.29 is 47.8 Å². The first-order valence-electron chi connectivity index (χ1n) is 23.7. The minimum atomic E-state index is -1.06. The molecule has 5 N–H and O–H groups in total. The van der Waals surface area contributed by atoms with Crippen LogP contribution in [0.4, 0.5) is 0 Å². The monoisotopic (exact) mass is 941 g/mol. The van der Waals surface area contributed by atoms with Gasteiger partial charge in [0.05, 0.1) is 25.5 Å². The zero-order chi connectivity index (χ0) is 49.5. The maximum atomic E-state index is 14.2. The van der Waals surface area contributed by atoms with Gasteiger partial charge in [-0.3, -0.25) is 28.8 Å². The number of carbonyl (C=O) groups is 6. The lowest BCUT2D eigenvalue weighted by atomic mass is 9.93. The molecule has 370 valence electrons. The third-order valence-corrected chi connectivity index (χ3v) is 11.2. The Morgan fingerprint density at radius 3 is 1.97 bits per heavy atom. The van der Waals surface area contributed by atoms with Gasteiger partial charge < -0.3 is 45.6 Å². The molecule has 0 saturated carbocycles. The van der Waals surface area contributed by atoms with Crippen LogP contribution < -0.4 is 31.3 Å². The molecule has 16 nitrogen and oxygen atoms in total. The summed E-state index contributed by atoms with van der Waals surface area (Å²) in [5, 5.41) is 18.8. The van der Waals surface area contributed by atoms with Gasteiger partial charge in [-0.15, -0.1) is 0 Å². The number of hydrogen-bond acceptors (Lipinski definition) is 12. The molecule has 4 amide bonds. The van der Waals surface area contributed by atoms with Crippen molar-refractivity contribution in [3.05, 3.63) is 101 Å². The molecular formula is C52H72N6O10. The molecule has 1 fully saturated rings. The van der Waals surface area contributed by atoms with E-state index in [-0.39, 0.29) is 49.4 Å². The van der Waals surface area contributed by atoms with Crippen LogP contribution in [0.2, 0.25) is 0 Å². The lowest BCUT2D eigenvalue weighted by molar-refractivity contribution is -0.135. The molecule has 5 atom stereocenters. The van der Waals surface area contributed by atoms with E-state index in [1.807, 2.05) is 100 Å². The normalized spacial score (nSPS) is 16.1. The molecule has 1 saturated heterocycles. The molecule has 4 rings (SSSR count). The number of nitrogens with one attached hydrogen (secondary N) is 5. The topological polar surface area (TPSA) is 215 Å². The fraction of sp³-hybridized carbons (Fsp3) is 0.519. The highest BCUT2D eigenvalue weighted by Gasteiger charge is 2.50. The first-order chi connectivity index (χ1) is 32.6. The van der Waals surface area contributed by atoms with E-state index in [1.54, 1.807) is 13.0 Å². The van der Waals surface area contributed by atoms with Crippen LogP contribution >= 0.6 is 0 Å². The number of Topliss-reactive ketones (excluding diaryl/α,β-unsaturated/α-hetero) is 1. The summed E-state index contributed by atoms with van der Waals surface area (Å²) in [7, 11) is 1.43. The quantitative estimate of drug-likeness (QED) is 0.0142. The highest BCUT2D eigenvalue weighted by Crippen LogP contribution is 2.30. The van der Waals surface area contributed by atoms with Gasteiger partial charge in [0.15, 0.2) is 5.78 Å². The summed E-state index contributed by atoms with van der Waals surface area (Å²) in [5.41, 5.74) is 2.40. The number of epoxide rings is 1. The Morgan fingerprint density at radius 2 is 1.34 bits per heavy atom. The first-order valence-corrected chi connectivity index (χ1v) is 23.7. The predicted octanol–water partition coefficient (Wildman–Crippen LogP) is 5.13. The standard InChI is InChI=1S/C52H72N6O10/c1-35(2)28-43(48(61)52(6)34-67-52)56-51(64)45(31-39-18-12-9-13-19-39)58-50(63)44(29-36(3)4)57-49(62)42(23-21-38-16-10-8-11-17-38)55-47(60)20-14-15-26-66-27-25-53-32-40-22-24-46(68-37(5)59)41(30-40)33-54-65-7/h8-13,16-19,22,24,30,33,35-36,42-45,53H,14-15,20-21,23,25-29,31-32,34H2,1-7H3,(H,55,60)(H,56,64)(H,57,62)(H,58,63). The summed E-state index contributed by atoms with van der Waals surface area (Å²) in [6.07, 6.45) is 4.43. The number of carbonyl (C=O) groups excluding carboxylic acids is 6. The van der Waals surface area contributed by atoms with Crippen molar-refractivity contribution in [1.29, 1.82) is 0 Å². The lowest BCUT2D eigenvalue weighted by Crippen LogP contribution is -2.59. The fourth-order valence-electron chi connectivity index (χ4n) is 7.53. The Balaban J connectivity index is 1.33. The van der Waals surface area contributed by atoms with Crippen LogP contribution in [0.15, 0.2) is 84.0 Å². The molecule has 3 aromatic carbocycles. The molecule has 1 heterocycles. The molecule has 0 spiro atoms. The van der Waals surface area contributed by atoms with Crippen LogP contribution in [-0.4, -0.2) is 105 Å². The van der Waals surface area contributed by atoms with Crippen LogP contribution in [0, 0.1) is 11.8 Å². The molecule has 0 aromatic heterocycles. The third kappa shape index (κ3) is 19.7. The van der Waals surface area contributed by atoms with Gasteiger partial charge in [-0.25, -0.2) is 0 Å². The Morgan fingerprint density at radius 1 is 0.735 bits per heavy atom. The van der Waals surface area contributed by atoms with Crippen molar-refractivity contribution in [3.8, 4) is 5.75 Å². The van der Waals surface area contributed by atoms with Gasteiger partial charge in [-0.1, -0.05) is 99.6 Å². The maximum absolute atomic E-state index is 14.2. The lowest BCUT2D eigenvalue weighted by Gasteiger charge is -2.28. The van der Waals surface area contributed by atoms with E-state index >= 15 is 0 Å². The predicted molar refractivity (Wildman–Crippen MR) is 260 cm³/mol. The van der Waals surface area contributed by atoms with E-state index in [2.05, 4.69) is 31.7 Å². The van der Waals surface area contributed by atoms with Crippen molar-refractivity contribution in [2.75, 3.05) is 33.5 Å². The maximum Gasteiger partial charge on any atom is 0.308 e. The molecule has 0 radical (unpaired) electrons. The minimum Gasteiger partial charge on any atom is -0.426 e. The number of esters is 1. The Labute approximate surface area is 401 Å². The molecule has 3 aromatic rings. The summed E-state index contributed by atoms with van der Waals surface area (Å²) in [4.78, 5) is 85.5. The van der Waals surface area contributed by atoms with E-state index in [0.29, 0.717) is 69.7 Å². The van der Waals surface area contributed by atoms with E-state index in [4.69, 9.17) is 19.0 Å². The minimum absolute atomic E-state index is 0.0164. The smallest absolute Gasteiger partial charge is 0.308 e. The number of benzene rings is 3. The van der Waals surface area contributed by atoms with Gasteiger partial charge in [0.2, 0.25) is 23.6 Å². The van der Waals surface area contributed by atoms with Crippen LogP contribution in [0.3, 0.4) is 0 Å². The number of oxime groups is 1. The highest BCUT2D eigenvalue weighted by molar-refractivity contribution is 5.99. The van der Waals surface area contributed by atoms with Gasteiger partial charge >= 0.3 is 5.97 Å². The average Bonchev–Trinajstić information content (AvgIpc) is 4.06. The number of hydrogen-bond donors (Lipinski definition) is 5. The van der Waals surface area contributed by atoms with Gasteiger partial charge in [-0.05, 0) is 86.1 Å². The number of nitrogens with zero attached hydrogens (tertiary/aromatic N) is 1. The number of amides is 4. The number of rotatable bonds is 31. The highest BCUT2D eigenvalue weighted by atomic mass is 16.6. The first kappa shape index (κ1) is 54.6. The Kier molecular flexibility index (Phi) is 22.8. The molecule has 0 aliphatic carbocycles. The second-order valence-corrected chi connectivity index (χ2v) is 18.3. The molecule has 16 heteroatoms. The van der Waals surface area contributed by atoms with E-state index in [1.165, 1.54) is 20.2 Å². The zero-order valence-electron chi connectivity index (χ0n) is 40.8. The van der Waals surface area contributed by atoms with Gasteiger partial charge in [-0.2, -0.15) is 0 Å². The summed E-state index contributed by atoms with van der Waals surface area (Å²) < 4.78 is 16.5. The zero-order valence-corrected chi connectivity index (χ0v) is 40.8. The van der Waals surface area contributed by atoms with Crippen molar-refractivity contribution in [3.63, 3.8) is 0 Å². The summed E-state index contributed by atoms with van der Waals surface area (Å²) >= 11 is 0. The fourth-order valence-corrected chi connectivity index (χ4v) is 7.53. The van der Waals surface area contributed by atoms with Crippen LogP contribution in [0.25, 0.3) is 0 Å². The van der Waals surface area contributed by atoms with Gasteiger partial charge in [0.1, 0.15) is 36.6 Å². The second kappa shape index (κ2) is 28.4. The molecule has 68 heavy (non-hydrogen) atoms. The Hall–Kier alpha value is -5.97. The SMILES string of the molecule is CON=Cc1cc(CNCCOCCCCC(=O)NC(CCc2ccccc2)C(=O)NC(CC(C)C)C(=O)NC(Cc2ccccc2)C(=O)NC(CC(C)C)C(=O)C2(C)CO2)ccc1OC(C)=O. The number of ether oxygens (including phenoxy) is 3. The molecule has 1 aliphatic rings. The second-order valence-electron chi connectivity index (χ2n) is 18.3. The third-order valence-electron chi connectivity index (χ3n) is 11.2. The van der Waals surface area contributed by atoms with Crippen LogP contribution in [-0.2, 0) is 62.5 Å². The van der Waals surface area contributed by atoms with E-state index in [9.17, 15) is 28.8 Å². The Bertz CT molecular complexity index is 2110. The van der Waals surface area contributed by atoms with E-state index in [0.717, 1.165) is 16.7 Å². The van der Waals surface area contributed by atoms with Crippen molar-refractivity contribution >= 4 is 41.6 Å². The average molecular weight is 941 g/mol. The molecular weight excluding hydrogens is 869 g/mol. The number of aryl methyl sites for hydroxylation is 1. The molecule has 1 aliphatic heterocycles.